The molecule has 1 atom stereocenters. The normalized spacial score (nSPS) is 20.8. The van der Waals surface area contributed by atoms with E-state index in [0.717, 1.165) is 31.3 Å². The van der Waals surface area contributed by atoms with Crippen LogP contribution in [0.15, 0.2) is 6.20 Å². The number of morpholine rings is 1. The first-order chi connectivity index (χ1) is 9.20. The summed E-state index contributed by atoms with van der Waals surface area (Å²) in [6.07, 6.45) is 1.77. The maximum Gasteiger partial charge on any atom is 0.180 e. The Bertz CT molecular complexity index is 553. The Morgan fingerprint density at radius 3 is 3.21 bits per heavy atom. The first-order valence-electron chi connectivity index (χ1n) is 6.14. The van der Waals surface area contributed by atoms with Crippen LogP contribution in [0.2, 0.25) is 0 Å². The third-order valence-corrected chi connectivity index (χ3v) is 3.82. The molecule has 19 heavy (non-hydrogen) atoms. The van der Waals surface area contributed by atoms with Crippen molar-refractivity contribution in [2.24, 2.45) is 0 Å². The van der Waals surface area contributed by atoms with Crippen LogP contribution in [0, 0.1) is 6.92 Å². The van der Waals surface area contributed by atoms with E-state index in [2.05, 4.69) is 25.1 Å². The standard InChI is InChI=1S/C11H16N6OS/c1-7-14-10(16-15-7)9-6-17(2-3-18-9)5-8-4-13-11(12)19-8/h4,9H,2-3,5-6H2,1H3,(H2,12,13)(H,14,15,16). The number of hydrogen-bond donors (Lipinski definition) is 2. The van der Waals surface area contributed by atoms with Gasteiger partial charge in [0, 0.05) is 30.7 Å². The lowest BCUT2D eigenvalue weighted by molar-refractivity contribution is -0.0367. The summed E-state index contributed by atoms with van der Waals surface area (Å²) >= 11 is 1.53. The minimum atomic E-state index is -0.0658. The molecular weight excluding hydrogens is 264 g/mol. The van der Waals surface area contributed by atoms with Gasteiger partial charge in [-0.15, -0.1) is 11.3 Å². The van der Waals surface area contributed by atoms with Gasteiger partial charge in [0.05, 0.1) is 6.61 Å². The number of aromatic amines is 1. The fraction of sp³-hybridized carbons (Fsp3) is 0.545. The lowest BCUT2D eigenvalue weighted by Crippen LogP contribution is -2.38. The fourth-order valence-corrected chi connectivity index (χ4v) is 2.85. The van der Waals surface area contributed by atoms with E-state index in [1.165, 1.54) is 16.2 Å². The SMILES string of the molecule is Cc1nc(C2CN(Cc3cnc(N)s3)CCO2)n[nH]1. The molecule has 3 heterocycles. The largest absolute Gasteiger partial charge is 0.375 e. The van der Waals surface area contributed by atoms with Gasteiger partial charge in [0.2, 0.25) is 0 Å². The van der Waals surface area contributed by atoms with Gasteiger partial charge >= 0.3 is 0 Å². The Kier molecular flexibility index (Phi) is 3.45. The van der Waals surface area contributed by atoms with E-state index in [1.54, 1.807) is 0 Å². The molecule has 8 heteroatoms. The molecule has 2 aromatic heterocycles. The van der Waals surface area contributed by atoms with Crippen LogP contribution < -0.4 is 5.73 Å². The van der Waals surface area contributed by atoms with Gasteiger partial charge in [-0.3, -0.25) is 10.00 Å². The average Bonchev–Trinajstić information content (AvgIpc) is 2.99. The molecular formula is C11H16N6OS. The summed E-state index contributed by atoms with van der Waals surface area (Å²) in [6.45, 7) is 5.11. The van der Waals surface area contributed by atoms with Crippen LogP contribution in [-0.2, 0) is 11.3 Å². The molecule has 1 saturated heterocycles. The van der Waals surface area contributed by atoms with Crippen LogP contribution in [0.1, 0.15) is 22.6 Å². The summed E-state index contributed by atoms with van der Waals surface area (Å²) in [5.41, 5.74) is 5.64. The van der Waals surface area contributed by atoms with Gasteiger partial charge in [0.25, 0.3) is 0 Å². The van der Waals surface area contributed by atoms with Gasteiger partial charge in [0.1, 0.15) is 11.9 Å². The summed E-state index contributed by atoms with van der Waals surface area (Å²) < 4.78 is 5.73. The average molecular weight is 280 g/mol. The zero-order valence-corrected chi connectivity index (χ0v) is 11.5. The Morgan fingerprint density at radius 1 is 1.63 bits per heavy atom. The number of nitrogens with two attached hydrogens (primary N) is 1. The smallest absolute Gasteiger partial charge is 0.180 e. The zero-order chi connectivity index (χ0) is 13.2. The molecule has 1 aliphatic heterocycles. The number of aromatic nitrogens is 4. The predicted octanol–water partition coefficient (Wildman–Crippen LogP) is 0.725. The van der Waals surface area contributed by atoms with Crippen molar-refractivity contribution >= 4 is 16.5 Å². The van der Waals surface area contributed by atoms with Crippen LogP contribution in [-0.4, -0.2) is 44.8 Å². The van der Waals surface area contributed by atoms with E-state index >= 15 is 0 Å². The fourth-order valence-electron chi connectivity index (χ4n) is 2.12. The summed E-state index contributed by atoms with van der Waals surface area (Å²) in [4.78, 5) is 11.9. The van der Waals surface area contributed by atoms with E-state index in [4.69, 9.17) is 10.5 Å². The number of nitrogens with one attached hydrogen (secondary N) is 1. The topological polar surface area (TPSA) is 93.0 Å². The van der Waals surface area contributed by atoms with E-state index in [1.807, 2.05) is 13.1 Å². The molecule has 1 fully saturated rings. The van der Waals surface area contributed by atoms with Crippen LogP contribution in [0.4, 0.5) is 5.13 Å². The van der Waals surface area contributed by atoms with Gasteiger partial charge in [-0.1, -0.05) is 0 Å². The lowest BCUT2D eigenvalue weighted by Gasteiger charge is -2.31. The highest BCUT2D eigenvalue weighted by molar-refractivity contribution is 7.15. The number of hydrogen-bond acceptors (Lipinski definition) is 7. The van der Waals surface area contributed by atoms with Crippen LogP contribution in [0.3, 0.4) is 0 Å². The van der Waals surface area contributed by atoms with Crippen LogP contribution in [0.5, 0.6) is 0 Å². The van der Waals surface area contributed by atoms with Crippen LogP contribution in [0.25, 0.3) is 0 Å². The molecule has 3 rings (SSSR count). The molecule has 0 radical (unpaired) electrons. The maximum atomic E-state index is 5.73. The molecule has 0 aromatic carbocycles. The zero-order valence-electron chi connectivity index (χ0n) is 10.7. The van der Waals surface area contributed by atoms with E-state index in [-0.39, 0.29) is 6.10 Å². The number of ether oxygens (including phenoxy) is 1. The van der Waals surface area contributed by atoms with Crippen molar-refractivity contribution in [1.82, 2.24) is 25.1 Å². The Balaban J connectivity index is 1.64. The van der Waals surface area contributed by atoms with Gasteiger partial charge in [-0.25, -0.2) is 9.97 Å². The number of H-pyrrole nitrogens is 1. The summed E-state index contributed by atoms with van der Waals surface area (Å²) in [5, 5.41) is 7.63. The Hall–Kier alpha value is -1.51. The van der Waals surface area contributed by atoms with Gasteiger partial charge in [-0.05, 0) is 6.92 Å². The Morgan fingerprint density at radius 2 is 2.53 bits per heavy atom. The van der Waals surface area contributed by atoms with Crippen molar-refractivity contribution in [3.8, 4) is 0 Å². The van der Waals surface area contributed by atoms with E-state index < -0.39 is 0 Å². The molecule has 1 aliphatic rings. The first-order valence-corrected chi connectivity index (χ1v) is 6.95. The second kappa shape index (κ2) is 5.24. The number of nitrogen functional groups attached to an aromatic ring is 1. The third-order valence-electron chi connectivity index (χ3n) is 3.00. The minimum Gasteiger partial charge on any atom is -0.375 e. The number of aryl methyl sites for hydroxylation is 1. The maximum absolute atomic E-state index is 5.73. The van der Waals surface area contributed by atoms with Crippen molar-refractivity contribution in [3.63, 3.8) is 0 Å². The third kappa shape index (κ3) is 2.91. The monoisotopic (exact) mass is 280 g/mol. The highest BCUT2D eigenvalue weighted by Crippen LogP contribution is 2.22. The number of thiazole rings is 1. The first kappa shape index (κ1) is 12.5. The minimum absolute atomic E-state index is 0.0658. The quantitative estimate of drug-likeness (QED) is 0.861. The molecule has 0 amide bonds. The van der Waals surface area contributed by atoms with Crippen molar-refractivity contribution in [1.29, 1.82) is 0 Å². The van der Waals surface area contributed by atoms with Gasteiger partial charge < -0.3 is 10.5 Å². The number of nitrogens with zero attached hydrogens (tertiary/aromatic N) is 4. The summed E-state index contributed by atoms with van der Waals surface area (Å²) in [6, 6.07) is 0. The molecule has 0 spiro atoms. The van der Waals surface area contributed by atoms with Gasteiger partial charge in [0.15, 0.2) is 11.0 Å². The molecule has 2 aromatic rings. The highest BCUT2D eigenvalue weighted by Gasteiger charge is 2.25. The Labute approximate surface area is 114 Å². The lowest BCUT2D eigenvalue weighted by atomic mass is 10.2. The van der Waals surface area contributed by atoms with Crippen molar-refractivity contribution in [2.75, 3.05) is 25.4 Å². The van der Waals surface area contributed by atoms with Crippen LogP contribution >= 0.6 is 11.3 Å². The molecule has 7 nitrogen and oxygen atoms in total. The second-order valence-electron chi connectivity index (χ2n) is 4.54. The number of anilines is 1. The molecule has 102 valence electrons. The van der Waals surface area contributed by atoms with E-state index in [0.29, 0.717) is 11.7 Å². The van der Waals surface area contributed by atoms with Gasteiger partial charge in [-0.2, -0.15) is 5.10 Å². The van der Waals surface area contributed by atoms with Crippen molar-refractivity contribution in [3.05, 3.63) is 22.7 Å². The molecule has 0 bridgehead atoms. The van der Waals surface area contributed by atoms with Crippen molar-refractivity contribution < 1.29 is 4.74 Å². The molecule has 0 saturated carbocycles. The highest BCUT2D eigenvalue weighted by atomic mass is 32.1. The molecule has 3 N–H and O–H groups in total. The number of rotatable bonds is 3. The molecule has 0 aliphatic carbocycles. The molecule has 1 unspecified atom stereocenters. The second-order valence-corrected chi connectivity index (χ2v) is 5.69. The predicted molar refractivity (Wildman–Crippen MR) is 71.6 cm³/mol. The summed E-state index contributed by atoms with van der Waals surface area (Å²) in [5.74, 6) is 1.54. The van der Waals surface area contributed by atoms with Crippen molar-refractivity contribution in [2.45, 2.75) is 19.6 Å². The summed E-state index contributed by atoms with van der Waals surface area (Å²) in [7, 11) is 0. The van der Waals surface area contributed by atoms with E-state index in [9.17, 15) is 0 Å².